The summed E-state index contributed by atoms with van der Waals surface area (Å²) in [4.78, 5) is 0. The molecule has 0 aromatic carbocycles. The summed E-state index contributed by atoms with van der Waals surface area (Å²) in [6.07, 6.45) is 8.18. The minimum atomic E-state index is -2.92. The van der Waals surface area contributed by atoms with Crippen LogP contribution >= 0.6 is 0 Å². The number of aryl methyl sites for hydroxylation is 2. The molecular formula is C13H23N3O2S. The van der Waals surface area contributed by atoms with E-state index in [1.54, 1.807) is 4.68 Å². The lowest BCUT2D eigenvalue weighted by molar-refractivity contribution is 0.439. The van der Waals surface area contributed by atoms with E-state index in [4.69, 9.17) is 0 Å². The van der Waals surface area contributed by atoms with E-state index in [1.807, 2.05) is 26.5 Å². The van der Waals surface area contributed by atoms with Crippen molar-refractivity contribution in [1.82, 2.24) is 15.1 Å². The van der Waals surface area contributed by atoms with Crippen molar-refractivity contribution in [3.63, 3.8) is 0 Å². The Labute approximate surface area is 115 Å². The maximum atomic E-state index is 12.1. The van der Waals surface area contributed by atoms with Gasteiger partial charge in [0, 0.05) is 19.3 Å². The Bertz CT molecular complexity index is 510. The Morgan fingerprint density at radius 3 is 2.89 bits per heavy atom. The summed E-state index contributed by atoms with van der Waals surface area (Å²) in [5.74, 6) is 0.350. The average Bonchev–Trinajstić information content (AvgIpc) is 2.77. The Hall–Kier alpha value is -0.880. The van der Waals surface area contributed by atoms with E-state index in [0.29, 0.717) is 5.75 Å². The molecule has 1 aliphatic rings. The van der Waals surface area contributed by atoms with Crippen LogP contribution in [0.1, 0.15) is 31.2 Å². The zero-order valence-electron chi connectivity index (χ0n) is 11.7. The van der Waals surface area contributed by atoms with Gasteiger partial charge >= 0.3 is 0 Å². The van der Waals surface area contributed by atoms with Gasteiger partial charge in [-0.05, 0) is 38.3 Å². The third kappa shape index (κ3) is 3.57. The molecule has 1 fully saturated rings. The minimum Gasteiger partial charge on any atom is -0.316 e. The van der Waals surface area contributed by atoms with Crippen molar-refractivity contribution in [3.8, 4) is 0 Å². The molecule has 0 saturated carbocycles. The molecule has 1 aromatic rings. The molecule has 2 heterocycles. The van der Waals surface area contributed by atoms with Crippen LogP contribution in [-0.4, -0.2) is 42.3 Å². The topological polar surface area (TPSA) is 64.0 Å². The van der Waals surface area contributed by atoms with Crippen LogP contribution in [0, 0.1) is 0 Å². The fraction of sp³-hybridized carbons (Fsp3) is 0.769. The number of aromatic nitrogens is 2. The first-order valence-electron chi connectivity index (χ1n) is 6.89. The summed E-state index contributed by atoms with van der Waals surface area (Å²) in [6, 6.07) is 0.0468. The van der Waals surface area contributed by atoms with Gasteiger partial charge in [-0.15, -0.1) is 0 Å². The lowest BCUT2D eigenvalue weighted by Gasteiger charge is -2.29. The van der Waals surface area contributed by atoms with Crippen molar-refractivity contribution >= 4 is 9.84 Å². The lowest BCUT2D eigenvalue weighted by atomic mass is 10.0. The van der Waals surface area contributed by atoms with Crippen LogP contribution in [0.15, 0.2) is 12.4 Å². The average molecular weight is 285 g/mol. The molecule has 1 aromatic heterocycles. The van der Waals surface area contributed by atoms with Gasteiger partial charge in [0.2, 0.25) is 0 Å². The second-order valence-electron chi connectivity index (χ2n) is 5.36. The molecule has 108 valence electrons. The summed E-state index contributed by atoms with van der Waals surface area (Å²) in [7, 11) is 0.835. The number of rotatable bonds is 5. The van der Waals surface area contributed by atoms with Crippen molar-refractivity contribution in [3.05, 3.63) is 18.0 Å². The zero-order valence-corrected chi connectivity index (χ0v) is 12.5. The Kier molecular flexibility index (Phi) is 4.62. The Morgan fingerprint density at radius 1 is 1.53 bits per heavy atom. The Balaban J connectivity index is 1.99. The zero-order chi connectivity index (χ0) is 13.9. The van der Waals surface area contributed by atoms with Crippen LogP contribution in [0.3, 0.4) is 0 Å². The quantitative estimate of drug-likeness (QED) is 0.873. The summed E-state index contributed by atoms with van der Waals surface area (Å²) >= 11 is 0. The van der Waals surface area contributed by atoms with Crippen LogP contribution in [0.4, 0.5) is 0 Å². The highest BCUT2D eigenvalue weighted by Gasteiger charge is 2.34. The van der Waals surface area contributed by atoms with Crippen molar-refractivity contribution < 1.29 is 8.42 Å². The highest BCUT2D eigenvalue weighted by molar-refractivity contribution is 7.92. The summed E-state index contributed by atoms with van der Waals surface area (Å²) in [5, 5.41) is 7.12. The first-order chi connectivity index (χ1) is 9.03. The van der Waals surface area contributed by atoms with Gasteiger partial charge in [0.05, 0.1) is 17.2 Å². The molecule has 0 aliphatic carbocycles. The molecule has 2 unspecified atom stereocenters. The molecule has 5 nitrogen and oxygen atoms in total. The third-order valence-electron chi connectivity index (χ3n) is 3.95. The van der Waals surface area contributed by atoms with Gasteiger partial charge in [0.15, 0.2) is 9.84 Å². The monoisotopic (exact) mass is 285 g/mol. The van der Waals surface area contributed by atoms with E-state index < -0.39 is 9.84 Å². The van der Waals surface area contributed by atoms with E-state index >= 15 is 0 Å². The fourth-order valence-corrected chi connectivity index (χ4v) is 5.08. The SMILES string of the molecule is CNC(CCc1cnn(C)c1)C1CCCCS1(=O)=O. The van der Waals surface area contributed by atoms with Gasteiger partial charge in [-0.25, -0.2) is 8.42 Å². The molecule has 2 rings (SSSR count). The molecule has 1 aliphatic heterocycles. The standard InChI is InChI=1S/C13H23N3O2S/c1-14-12(7-6-11-9-15-16(2)10-11)13-5-3-4-8-19(13,17)18/h9-10,12-14H,3-8H2,1-2H3. The number of nitrogens with one attached hydrogen (secondary N) is 1. The second-order valence-corrected chi connectivity index (χ2v) is 7.70. The van der Waals surface area contributed by atoms with Gasteiger partial charge in [0.25, 0.3) is 0 Å². The molecule has 19 heavy (non-hydrogen) atoms. The predicted molar refractivity (Wildman–Crippen MR) is 75.8 cm³/mol. The van der Waals surface area contributed by atoms with Crippen LogP contribution in [-0.2, 0) is 23.3 Å². The molecule has 0 amide bonds. The number of hydrogen-bond donors (Lipinski definition) is 1. The molecule has 0 radical (unpaired) electrons. The van der Waals surface area contributed by atoms with E-state index in [9.17, 15) is 8.42 Å². The molecular weight excluding hydrogens is 262 g/mol. The van der Waals surface area contributed by atoms with Gasteiger partial charge in [-0.3, -0.25) is 4.68 Å². The highest BCUT2D eigenvalue weighted by Crippen LogP contribution is 2.24. The van der Waals surface area contributed by atoms with Gasteiger partial charge in [0.1, 0.15) is 0 Å². The normalized spacial score (nSPS) is 24.2. The van der Waals surface area contributed by atoms with Gasteiger partial charge in [-0.2, -0.15) is 5.10 Å². The van der Waals surface area contributed by atoms with Crippen LogP contribution in [0.25, 0.3) is 0 Å². The lowest BCUT2D eigenvalue weighted by Crippen LogP contribution is -2.45. The summed E-state index contributed by atoms with van der Waals surface area (Å²) in [5.41, 5.74) is 1.16. The fourth-order valence-electron chi connectivity index (χ4n) is 2.87. The summed E-state index contributed by atoms with van der Waals surface area (Å²) in [6.45, 7) is 0. The summed E-state index contributed by atoms with van der Waals surface area (Å²) < 4.78 is 26.1. The van der Waals surface area contributed by atoms with E-state index in [-0.39, 0.29) is 11.3 Å². The van der Waals surface area contributed by atoms with E-state index in [0.717, 1.165) is 37.7 Å². The molecule has 6 heteroatoms. The largest absolute Gasteiger partial charge is 0.316 e. The van der Waals surface area contributed by atoms with E-state index in [1.165, 1.54) is 0 Å². The highest BCUT2D eigenvalue weighted by atomic mass is 32.2. The second kappa shape index (κ2) is 6.05. The first kappa shape index (κ1) is 14.5. The van der Waals surface area contributed by atoms with E-state index in [2.05, 4.69) is 10.4 Å². The first-order valence-corrected chi connectivity index (χ1v) is 8.61. The maximum Gasteiger partial charge on any atom is 0.154 e. The van der Waals surface area contributed by atoms with Crippen LogP contribution < -0.4 is 5.32 Å². The maximum absolute atomic E-state index is 12.1. The molecule has 1 N–H and O–H groups in total. The van der Waals surface area contributed by atoms with Crippen molar-refractivity contribution in [1.29, 1.82) is 0 Å². The number of sulfone groups is 1. The van der Waals surface area contributed by atoms with Crippen LogP contribution in [0.5, 0.6) is 0 Å². The molecule has 2 atom stereocenters. The minimum absolute atomic E-state index is 0.0468. The van der Waals surface area contributed by atoms with Crippen molar-refractivity contribution in [2.75, 3.05) is 12.8 Å². The van der Waals surface area contributed by atoms with Gasteiger partial charge < -0.3 is 5.32 Å². The molecule has 1 saturated heterocycles. The van der Waals surface area contributed by atoms with Gasteiger partial charge in [-0.1, -0.05) is 6.42 Å². The number of hydrogen-bond acceptors (Lipinski definition) is 4. The van der Waals surface area contributed by atoms with Crippen LogP contribution in [0.2, 0.25) is 0 Å². The smallest absolute Gasteiger partial charge is 0.154 e. The molecule has 0 bridgehead atoms. The predicted octanol–water partition coefficient (Wildman–Crippen LogP) is 0.908. The number of nitrogens with zero attached hydrogens (tertiary/aromatic N) is 2. The molecule has 0 spiro atoms. The van der Waals surface area contributed by atoms with Crippen molar-refractivity contribution in [2.45, 2.75) is 43.4 Å². The Morgan fingerprint density at radius 2 is 2.32 bits per heavy atom. The third-order valence-corrected chi connectivity index (χ3v) is 6.30. The van der Waals surface area contributed by atoms with Crippen molar-refractivity contribution in [2.24, 2.45) is 7.05 Å².